The molecule has 4 nitrogen and oxygen atoms in total. The molecule has 0 radical (unpaired) electrons. The van der Waals surface area contributed by atoms with Gasteiger partial charge in [-0.3, -0.25) is 0 Å². The second-order valence-corrected chi connectivity index (χ2v) is 22.8. The number of hydrogen-bond acceptors (Lipinski definition) is 5. The first-order chi connectivity index (χ1) is 35.2. The molecular formula is C64H48B2N4S. The lowest BCUT2D eigenvalue weighted by molar-refractivity contribution is 0.00224. The zero-order chi connectivity index (χ0) is 46.1. The Morgan fingerprint density at radius 3 is 1.44 bits per heavy atom. The first-order valence-electron chi connectivity index (χ1n) is 26.0. The summed E-state index contributed by atoms with van der Waals surface area (Å²) in [4.78, 5) is 13.4. The van der Waals surface area contributed by atoms with Crippen LogP contribution in [0.15, 0.2) is 216 Å². The summed E-state index contributed by atoms with van der Waals surface area (Å²) in [5.41, 5.74) is 24.0. The molecule has 336 valence electrons. The van der Waals surface area contributed by atoms with Crippen LogP contribution < -0.4 is 52.4 Å². The van der Waals surface area contributed by atoms with Crippen LogP contribution >= 0.6 is 11.8 Å². The van der Waals surface area contributed by atoms with Crippen LogP contribution in [0.5, 0.6) is 0 Å². The molecule has 17 rings (SSSR count). The van der Waals surface area contributed by atoms with E-state index in [1.54, 1.807) is 0 Å². The van der Waals surface area contributed by atoms with E-state index in [1.165, 1.54) is 143 Å². The van der Waals surface area contributed by atoms with Crippen molar-refractivity contribution in [3.05, 3.63) is 206 Å². The molecule has 4 unspecified atom stereocenters. The summed E-state index contributed by atoms with van der Waals surface area (Å²) in [5.74, 6) is 1.83. The summed E-state index contributed by atoms with van der Waals surface area (Å²) in [6.07, 6.45) is 6.91. The third-order valence-electron chi connectivity index (χ3n) is 18.5. The molecule has 4 fully saturated rings. The highest BCUT2D eigenvalue weighted by atomic mass is 32.2. The highest BCUT2D eigenvalue weighted by Crippen LogP contribution is 2.73. The summed E-state index contributed by atoms with van der Waals surface area (Å²) in [5, 5.41) is 0. The first-order valence-corrected chi connectivity index (χ1v) is 26.8. The van der Waals surface area contributed by atoms with Gasteiger partial charge in [0.2, 0.25) is 6.71 Å². The molecule has 9 aromatic rings. The quantitative estimate of drug-likeness (QED) is 0.159. The van der Waals surface area contributed by atoms with E-state index in [0.29, 0.717) is 17.5 Å². The molecule has 5 aliphatic heterocycles. The van der Waals surface area contributed by atoms with Crippen molar-refractivity contribution in [2.45, 2.75) is 54.0 Å². The van der Waals surface area contributed by atoms with Gasteiger partial charge in [0, 0.05) is 78.7 Å². The number of piperidine rings is 1. The predicted molar refractivity (Wildman–Crippen MR) is 298 cm³/mol. The molecule has 3 bridgehead atoms. The second-order valence-electron chi connectivity index (χ2n) is 21.7. The van der Waals surface area contributed by atoms with E-state index in [4.69, 9.17) is 0 Å². The number of anilines is 10. The van der Waals surface area contributed by atoms with E-state index in [1.807, 2.05) is 11.8 Å². The Hall–Kier alpha value is -7.34. The molecule has 0 N–H and O–H groups in total. The maximum absolute atomic E-state index is 2.95. The Bertz CT molecular complexity index is 3680. The molecule has 71 heavy (non-hydrogen) atoms. The van der Waals surface area contributed by atoms with Gasteiger partial charge in [0.25, 0.3) is 6.71 Å². The molecule has 8 aliphatic rings. The van der Waals surface area contributed by atoms with Crippen molar-refractivity contribution in [2.24, 2.45) is 17.3 Å². The smallest absolute Gasteiger partial charge is 0.252 e. The number of nitrogens with zero attached hydrogens (tertiary/aromatic N) is 4. The normalized spacial score (nSPS) is 22.8. The summed E-state index contributed by atoms with van der Waals surface area (Å²) >= 11 is 1.97. The van der Waals surface area contributed by atoms with E-state index >= 15 is 0 Å². The van der Waals surface area contributed by atoms with Gasteiger partial charge >= 0.3 is 0 Å². The molecule has 1 spiro atoms. The van der Waals surface area contributed by atoms with Crippen molar-refractivity contribution in [2.75, 3.05) is 19.6 Å². The number of rotatable bonds is 5. The lowest BCUT2D eigenvalue weighted by Crippen LogP contribution is -2.64. The number of benzene rings is 9. The number of hydrogen-bond donors (Lipinski definition) is 0. The maximum Gasteiger partial charge on any atom is 0.252 e. The van der Waals surface area contributed by atoms with Crippen molar-refractivity contribution in [1.82, 2.24) is 0 Å². The van der Waals surface area contributed by atoms with Gasteiger partial charge in [0.05, 0.1) is 0 Å². The van der Waals surface area contributed by atoms with E-state index in [0.717, 1.165) is 11.8 Å². The lowest BCUT2D eigenvalue weighted by Gasteiger charge is -2.49. The molecule has 0 aromatic heterocycles. The van der Waals surface area contributed by atoms with E-state index < -0.39 is 0 Å². The van der Waals surface area contributed by atoms with Crippen LogP contribution in [0.25, 0.3) is 11.1 Å². The average molecular weight is 927 g/mol. The zero-order valence-corrected chi connectivity index (χ0v) is 40.1. The molecular weight excluding hydrogens is 878 g/mol. The Kier molecular flexibility index (Phi) is 7.98. The van der Waals surface area contributed by atoms with E-state index in [-0.39, 0.29) is 13.4 Å². The van der Waals surface area contributed by atoms with E-state index in [2.05, 4.69) is 226 Å². The van der Waals surface area contributed by atoms with E-state index in [9.17, 15) is 0 Å². The second kappa shape index (κ2) is 14.4. The molecule has 9 aromatic carbocycles. The molecule has 3 aliphatic carbocycles. The highest BCUT2D eigenvalue weighted by Gasteiger charge is 2.68. The van der Waals surface area contributed by atoms with Crippen molar-refractivity contribution in [3.8, 4) is 11.1 Å². The fraction of sp³-hybridized carbons (Fsp3) is 0.156. The van der Waals surface area contributed by atoms with Crippen LogP contribution in [0.2, 0.25) is 0 Å². The lowest BCUT2D eigenvalue weighted by atomic mass is 9.31. The predicted octanol–water partition coefficient (Wildman–Crippen LogP) is 12.0. The van der Waals surface area contributed by atoms with Gasteiger partial charge in [-0.2, -0.15) is 0 Å². The topological polar surface area (TPSA) is 13.0 Å². The minimum absolute atomic E-state index is 0.0241. The number of para-hydroxylation sites is 5. The summed E-state index contributed by atoms with van der Waals surface area (Å²) < 4.78 is 0. The minimum Gasteiger partial charge on any atom is -0.365 e. The fourth-order valence-electron chi connectivity index (χ4n) is 15.9. The maximum atomic E-state index is 2.95. The van der Waals surface area contributed by atoms with Crippen LogP contribution in [0.3, 0.4) is 0 Å². The average Bonchev–Trinajstić information content (AvgIpc) is 3.80. The molecule has 1 saturated heterocycles. The number of fused-ring (bicyclic) bond motifs is 10. The zero-order valence-electron chi connectivity index (χ0n) is 39.3. The fourth-order valence-corrected chi connectivity index (χ4v) is 17.1. The van der Waals surface area contributed by atoms with Gasteiger partial charge in [-0.25, -0.2) is 0 Å². The molecule has 5 heterocycles. The Balaban J connectivity index is 0.936. The van der Waals surface area contributed by atoms with Crippen molar-refractivity contribution in [3.63, 3.8) is 0 Å². The summed E-state index contributed by atoms with van der Waals surface area (Å²) in [6, 6.07) is 79.7. The van der Waals surface area contributed by atoms with Gasteiger partial charge in [-0.05, 0) is 167 Å². The molecule has 7 heteroatoms. The third-order valence-corrected chi connectivity index (χ3v) is 19.7. The Morgan fingerprint density at radius 1 is 0.366 bits per heavy atom. The Labute approximate surface area is 420 Å². The molecule has 3 saturated carbocycles. The van der Waals surface area contributed by atoms with Crippen LogP contribution in [0, 0.1) is 17.3 Å². The third kappa shape index (κ3) is 5.30. The minimum atomic E-state index is 0.0241. The van der Waals surface area contributed by atoms with Crippen molar-refractivity contribution >= 4 is 115 Å². The first kappa shape index (κ1) is 39.4. The van der Waals surface area contributed by atoms with Crippen LogP contribution in [0.4, 0.5) is 56.9 Å². The Morgan fingerprint density at radius 2 is 0.859 bits per heavy atom. The van der Waals surface area contributed by atoms with Gasteiger partial charge in [0.15, 0.2) is 0 Å². The van der Waals surface area contributed by atoms with Crippen molar-refractivity contribution in [1.29, 1.82) is 0 Å². The summed E-state index contributed by atoms with van der Waals surface area (Å²) in [6.45, 7) is 0.0712. The van der Waals surface area contributed by atoms with Gasteiger partial charge in [-0.1, -0.05) is 145 Å². The molecule has 4 atom stereocenters. The van der Waals surface area contributed by atoms with Crippen LogP contribution in [-0.2, 0) is 0 Å². The van der Waals surface area contributed by atoms with Crippen molar-refractivity contribution < 1.29 is 0 Å². The van der Waals surface area contributed by atoms with Gasteiger partial charge in [-0.15, -0.1) is 0 Å². The molecule has 0 amide bonds. The largest absolute Gasteiger partial charge is 0.365 e. The SMILES string of the molecule is c1ccc(-c2cc3c4c(c2)N(c2ccccc2)c2ccccc2B4c2cc4c(cc2S3)N(c2ccccc2)c2cc(N3C5CC6CC7CC3CC67C5)cc3c2B4c2ccccc2N3c2ccccc2)cc1. The highest BCUT2D eigenvalue weighted by molar-refractivity contribution is 8.00. The van der Waals surface area contributed by atoms with Gasteiger partial charge in [0.1, 0.15) is 0 Å². The van der Waals surface area contributed by atoms with Crippen LogP contribution in [-0.4, -0.2) is 25.5 Å². The van der Waals surface area contributed by atoms with Gasteiger partial charge < -0.3 is 19.6 Å². The monoisotopic (exact) mass is 926 g/mol. The standard InChI is InChI=1S/C64H48B2N4S/c1-5-17-40(18-6-1)41-29-57-63-61(30-41)71-60-37-56-52(36-53(60)66(63)51-26-14-16-28-55(51)68(57)44-19-7-2-8-20-44)65-50-25-13-15-27-54(50)69(45-21-9-3-10-22-45)58-34-47(35-59(62(58)65)70(56)46-23-11-4-12-24-46)67-48-32-42-31-43-33-49(67)39-64(42,43)38-48/h1-30,34-37,42-43,48-49H,31-33,38-39H2. The summed E-state index contributed by atoms with van der Waals surface area (Å²) in [7, 11) is 0. The van der Waals surface area contributed by atoms with Crippen LogP contribution in [0.1, 0.15) is 32.1 Å².